The topological polar surface area (TPSA) is 276 Å². The molecule has 0 aliphatic rings. The molecule has 96 valence electrons. The number of amides is 8. The molecule has 12 nitrogen and oxygen atoms in total. The van der Waals surface area contributed by atoms with Crippen LogP contribution in [0, 0.1) is 0 Å². The number of primary amides is 8. The van der Waals surface area contributed by atoms with Gasteiger partial charge in [-0.05, 0) is 0 Å². The fraction of sp³-hybridized carbons (Fsp3) is 0. The van der Waals surface area contributed by atoms with Crippen molar-refractivity contribution in [1.29, 1.82) is 0 Å². The summed E-state index contributed by atoms with van der Waals surface area (Å²) in [6.45, 7) is 0. The summed E-state index contributed by atoms with van der Waals surface area (Å²) in [6.07, 6.45) is 0. The molecule has 0 spiro atoms. The molecular formula is C4H16LiN8O4+. The average molecular weight is 247 g/mol. The first-order chi connectivity index (χ1) is 6.93. The first kappa shape index (κ1) is 29.3. The second-order valence-corrected chi connectivity index (χ2v) is 1.61. The van der Waals surface area contributed by atoms with E-state index in [1.807, 2.05) is 0 Å². The van der Waals surface area contributed by atoms with Gasteiger partial charge in [0.05, 0.1) is 0 Å². The predicted octanol–water partition coefficient (Wildman–Crippen LogP) is -6.90. The Kier molecular flexibility index (Phi) is 40.5. The molecule has 0 heterocycles. The molecule has 17 heavy (non-hydrogen) atoms. The van der Waals surface area contributed by atoms with Gasteiger partial charge in [0, 0.05) is 0 Å². The van der Waals surface area contributed by atoms with Crippen LogP contribution in [0.15, 0.2) is 0 Å². The monoisotopic (exact) mass is 247 g/mol. The minimum absolute atomic E-state index is 0. The molecule has 0 fully saturated rings. The summed E-state index contributed by atoms with van der Waals surface area (Å²) in [6, 6.07) is -3.33. The van der Waals surface area contributed by atoms with Crippen LogP contribution in [-0.2, 0) is 0 Å². The van der Waals surface area contributed by atoms with Crippen molar-refractivity contribution in [2.24, 2.45) is 45.9 Å². The van der Waals surface area contributed by atoms with Crippen LogP contribution in [0.5, 0.6) is 0 Å². The van der Waals surface area contributed by atoms with Crippen molar-refractivity contribution in [1.82, 2.24) is 0 Å². The Balaban J connectivity index is -0.0000000369. The molecule has 0 aromatic carbocycles. The third kappa shape index (κ3) is 346. The van der Waals surface area contributed by atoms with Crippen molar-refractivity contribution in [2.75, 3.05) is 0 Å². The van der Waals surface area contributed by atoms with Crippen molar-refractivity contribution < 1.29 is 38.0 Å². The van der Waals surface area contributed by atoms with Crippen LogP contribution in [0.1, 0.15) is 0 Å². The predicted molar refractivity (Wildman–Crippen MR) is 55.1 cm³/mol. The molecule has 16 N–H and O–H groups in total. The van der Waals surface area contributed by atoms with E-state index in [-0.39, 0.29) is 18.9 Å². The van der Waals surface area contributed by atoms with Gasteiger partial charge in [-0.15, -0.1) is 0 Å². The summed E-state index contributed by atoms with van der Waals surface area (Å²) in [5.41, 5.74) is 34.0. The molecule has 0 unspecified atom stereocenters. The van der Waals surface area contributed by atoms with Gasteiger partial charge in [0.1, 0.15) is 0 Å². The Labute approximate surface area is 109 Å². The smallest absolute Gasteiger partial charge is 0.352 e. The molecule has 0 radical (unpaired) electrons. The van der Waals surface area contributed by atoms with E-state index in [1.165, 1.54) is 0 Å². The van der Waals surface area contributed by atoms with Gasteiger partial charge in [-0.3, -0.25) is 0 Å². The quantitative estimate of drug-likeness (QED) is 0.193. The van der Waals surface area contributed by atoms with Gasteiger partial charge < -0.3 is 45.9 Å². The maximum atomic E-state index is 9.00. The molecule has 0 saturated heterocycles. The van der Waals surface area contributed by atoms with E-state index in [0.29, 0.717) is 0 Å². The van der Waals surface area contributed by atoms with Gasteiger partial charge in [0.2, 0.25) is 0 Å². The molecule has 0 atom stereocenters. The van der Waals surface area contributed by atoms with Crippen LogP contribution < -0.4 is 64.7 Å². The summed E-state index contributed by atoms with van der Waals surface area (Å²) in [4.78, 5) is 36.0. The Hall–Kier alpha value is -2.32. The standard InChI is InChI=1S/4CH4N2O.Li/c4*2-1(3)4;/h4*(H4,2,3,4);/q;;;;+1. The maximum Gasteiger partial charge on any atom is 1.00 e. The minimum atomic E-state index is -0.833. The van der Waals surface area contributed by atoms with Gasteiger partial charge in [0.15, 0.2) is 0 Å². The maximum absolute atomic E-state index is 9.00. The van der Waals surface area contributed by atoms with E-state index in [4.69, 9.17) is 19.2 Å². The Morgan fingerprint density at radius 3 is 0.412 bits per heavy atom. The fourth-order valence-corrected chi connectivity index (χ4v) is 0. The van der Waals surface area contributed by atoms with Crippen LogP contribution in [-0.4, -0.2) is 24.1 Å². The van der Waals surface area contributed by atoms with Crippen molar-refractivity contribution in [3.05, 3.63) is 0 Å². The first-order valence-corrected chi connectivity index (χ1v) is 3.13. The van der Waals surface area contributed by atoms with Gasteiger partial charge in [-0.1, -0.05) is 0 Å². The van der Waals surface area contributed by atoms with E-state index in [0.717, 1.165) is 0 Å². The number of urea groups is 4. The van der Waals surface area contributed by atoms with Crippen molar-refractivity contribution in [3.8, 4) is 0 Å². The molecule has 0 rings (SSSR count). The van der Waals surface area contributed by atoms with Crippen LogP contribution in [0.4, 0.5) is 19.2 Å². The van der Waals surface area contributed by atoms with Gasteiger partial charge in [-0.2, -0.15) is 0 Å². The van der Waals surface area contributed by atoms with Gasteiger partial charge in [-0.25, -0.2) is 19.2 Å². The molecule has 13 heteroatoms. The number of carbonyl (C=O) groups excluding carboxylic acids is 4. The summed E-state index contributed by atoms with van der Waals surface area (Å²) >= 11 is 0. The van der Waals surface area contributed by atoms with Crippen LogP contribution in [0.25, 0.3) is 0 Å². The number of hydrogen-bond acceptors (Lipinski definition) is 4. The Bertz CT molecular complexity index is 170. The molecule has 0 aliphatic heterocycles. The second kappa shape index (κ2) is 23.5. The zero-order valence-corrected chi connectivity index (χ0v) is 9.25. The third-order valence-electron chi connectivity index (χ3n) is 0. The Morgan fingerprint density at radius 2 is 0.412 bits per heavy atom. The number of rotatable bonds is 0. The Morgan fingerprint density at radius 1 is 0.412 bits per heavy atom. The number of nitrogens with two attached hydrogens (primary N) is 8. The molecule has 0 aliphatic carbocycles. The summed E-state index contributed by atoms with van der Waals surface area (Å²) in [5.74, 6) is 0. The second-order valence-electron chi connectivity index (χ2n) is 1.61. The van der Waals surface area contributed by atoms with E-state index in [9.17, 15) is 0 Å². The van der Waals surface area contributed by atoms with Crippen molar-refractivity contribution in [3.63, 3.8) is 0 Å². The largest absolute Gasteiger partial charge is 1.00 e. The molecule has 0 bridgehead atoms. The van der Waals surface area contributed by atoms with E-state index in [2.05, 4.69) is 45.9 Å². The number of carbonyl (C=O) groups is 4. The van der Waals surface area contributed by atoms with E-state index in [1.54, 1.807) is 0 Å². The van der Waals surface area contributed by atoms with Crippen LogP contribution >= 0.6 is 0 Å². The van der Waals surface area contributed by atoms with Gasteiger partial charge >= 0.3 is 43.0 Å². The molecule has 0 saturated carbocycles. The van der Waals surface area contributed by atoms with Crippen molar-refractivity contribution in [2.45, 2.75) is 0 Å². The van der Waals surface area contributed by atoms with Crippen LogP contribution in [0.2, 0.25) is 0 Å². The van der Waals surface area contributed by atoms with E-state index < -0.39 is 24.1 Å². The average Bonchev–Trinajstić information content (AvgIpc) is 1.76. The minimum Gasteiger partial charge on any atom is -0.352 e. The molecule has 8 amide bonds. The first-order valence-electron chi connectivity index (χ1n) is 3.13. The summed E-state index contributed by atoms with van der Waals surface area (Å²) in [7, 11) is 0. The zero-order chi connectivity index (χ0) is 14.3. The molecule has 0 aromatic rings. The fourth-order valence-electron chi connectivity index (χ4n) is 0. The van der Waals surface area contributed by atoms with E-state index >= 15 is 0 Å². The summed E-state index contributed by atoms with van der Waals surface area (Å²) in [5, 5.41) is 0. The van der Waals surface area contributed by atoms with Crippen LogP contribution in [0.3, 0.4) is 0 Å². The van der Waals surface area contributed by atoms with Crippen molar-refractivity contribution >= 4 is 24.1 Å². The third-order valence-corrected chi connectivity index (χ3v) is 0. The molecular weight excluding hydrogens is 231 g/mol. The summed E-state index contributed by atoms with van der Waals surface area (Å²) < 4.78 is 0. The zero-order valence-electron chi connectivity index (χ0n) is 9.25. The van der Waals surface area contributed by atoms with Gasteiger partial charge in [0.25, 0.3) is 0 Å². The SMILES string of the molecule is NC(N)=O.NC(N)=O.NC(N)=O.NC(N)=O.[Li+]. The molecule has 0 aromatic heterocycles. The number of hydrogen-bond donors (Lipinski definition) is 8. The normalized spacial score (nSPS) is 5.65.